The Morgan fingerprint density at radius 1 is 1.16 bits per heavy atom. The van der Waals surface area contributed by atoms with Crippen molar-refractivity contribution < 1.29 is 27.9 Å². The number of halogens is 1. The van der Waals surface area contributed by atoms with E-state index in [-0.39, 0.29) is 39.7 Å². The number of amides is 1. The number of fused-ring (bicyclic) bond motifs is 1. The van der Waals surface area contributed by atoms with Crippen LogP contribution in [0.15, 0.2) is 47.5 Å². The van der Waals surface area contributed by atoms with Crippen molar-refractivity contribution in [3.05, 3.63) is 58.7 Å². The number of rotatable bonds is 10. The predicted octanol–water partition coefficient (Wildman–Crippen LogP) is 4.36. The molecule has 43 heavy (non-hydrogen) atoms. The summed E-state index contributed by atoms with van der Waals surface area (Å²) in [5.41, 5.74) is 2.01. The number of anilines is 4. The van der Waals surface area contributed by atoms with Crippen molar-refractivity contribution in [3.63, 3.8) is 0 Å². The van der Waals surface area contributed by atoms with Crippen LogP contribution in [0, 0.1) is 0 Å². The Morgan fingerprint density at radius 2 is 1.91 bits per heavy atom. The molecule has 2 aromatic carbocycles. The summed E-state index contributed by atoms with van der Waals surface area (Å²) >= 11 is 6.40. The van der Waals surface area contributed by atoms with Crippen LogP contribution in [0.4, 0.5) is 23.1 Å². The number of nitrogens with zero attached hydrogens (tertiary/aromatic N) is 3. The molecule has 12 nitrogen and oxygen atoms in total. The van der Waals surface area contributed by atoms with Gasteiger partial charge >= 0.3 is 5.97 Å². The first-order chi connectivity index (χ1) is 20.3. The van der Waals surface area contributed by atoms with Crippen LogP contribution in [-0.2, 0) is 21.2 Å². The third kappa shape index (κ3) is 6.24. The average molecular weight is 629 g/mol. The first-order valence-electron chi connectivity index (χ1n) is 13.9. The molecule has 0 bridgehead atoms. The molecular weight excluding hydrogens is 596 g/mol. The number of benzene rings is 2. The maximum Gasteiger partial charge on any atom is 0.320 e. The lowest BCUT2D eigenvalue weighted by molar-refractivity contribution is -0.139. The molecule has 1 saturated heterocycles. The predicted molar refractivity (Wildman–Crippen MR) is 162 cm³/mol. The van der Waals surface area contributed by atoms with Crippen molar-refractivity contribution in [1.29, 1.82) is 0 Å². The lowest BCUT2D eigenvalue weighted by atomic mass is 10.1. The number of carbonyl (C=O) groups is 2. The van der Waals surface area contributed by atoms with Crippen molar-refractivity contribution in [1.82, 2.24) is 20.2 Å². The molecule has 2 atom stereocenters. The maximum atomic E-state index is 13.4. The van der Waals surface area contributed by atoms with Gasteiger partial charge in [-0.25, -0.2) is 13.4 Å². The number of sulfone groups is 1. The molecule has 5 rings (SSSR count). The van der Waals surface area contributed by atoms with E-state index in [1.54, 1.807) is 49.1 Å². The van der Waals surface area contributed by atoms with Crippen LogP contribution in [0.1, 0.15) is 50.0 Å². The molecule has 1 aromatic heterocycles. The second kappa shape index (κ2) is 12.0. The molecule has 0 radical (unpaired) electrons. The van der Waals surface area contributed by atoms with E-state index < -0.39 is 27.1 Å². The number of hydrogen-bond donors (Lipinski definition) is 4. The van der Waals surface area contributed by atoms with Gasteiger partial charge < -0.3 is 30.7 Å². The smallest absolute Gasteiger partial charge is 0.320 e. The summed E-state index contributed by atoms with van der Waals surface area (Å²) in [5, 5.41) is 18.0. The van der Waals surface area contributed by atoms with Crippen LogP contribution >= 0.6 is 11.6 Å². The Balaban J connectivity index is 1.44. The van der Waals surface area contributed by atoms with E-state index in [1.807, 2.05) is 13.8 Å². The summed E-state index contributed by atoms with van der Waals surface area (Å²) in [6.45, 7) is 7.72. The highest BCUT2D eigenvalue weighted by Crippen LogP contribution is 2.38. The SMILES string of the molecule is CC(C)Oc1cc2c(cc1Nc1ncc(Cl)c(Nc3ccccc3S(=O)(=O)C(C)C)n1)C(=O)N([C@H]1CN[C@H](C(=O)O)C1)C2. The Hall–Kier alpha value is -3.94. The highest BCUT2D eigenvalue weighted by atomic mass is 35.5. The lowest BCUT2D eigenvalue weighted by Crippen LogP contribution is -2.36. The van der Waals surface area contributed by atoms with Crippen LogP contribution in [0.25, 0.3) is 0 Å². The minimum atomic E-state index is -3.60. The number of aliphatic carboxylic acids is 1. The van der Waals surface area contributed by atoms with Crippen molar-refractivity contribution in [2.45, 2.75) is 69.0 Å². The largest absolute Gasteiger partial charge is 0.489 e. The first-order valence-corrected chi connectivity index (χ1v) is 15.8. The van der Waals surface area contributed by atoms with Gasteiger partial charge in [0.15, 0.2) is 15.7 Å². The molecule has 1 fully saturated rings. The minimum absolute atomic E-state index is 0.121. The normalized spacial score (nSPS) is 18.3. The van der Waals surface area contributed by atoms with Gasteiger partial charge in [0.2, 0.25) is 5.95 Å². The third-order valence-corrected chi connectivity index (χ3v) is 9.79. The fraction of sp³-hybridized carbons (Fsp3) is 0.379. The van der Waals surface area contributed by atoms with E-state index in [0.29, 0.717) is 42.2 Å². The number of carboxylic acids is 1. The van der Waals surface area contributed by atoms with E-state index >= 15 is 0 Å². The monoisotopic (exact) mass is 628 g/mol. The van der Waals surface area contributed by atoms with Crippen molar-refractivity contribution in [2.75, 3.05) is 17.2 Å². The van der Waals surface area contributed by atoms with Gasteiger partial charge in [0, 0.05) is 24.7 Å². The molecule has 0 spiro atoms. The number of nitrogens with one attached hydrogen (secondary N) is 3. The van der Waals surface area contributed by atoms with Gasteiger partial charge in [-0.3, -0.25) is 9.59 Å². The first kappa shape index (κ1) is 30.5. The fourth-order valence-corrected chi connectivity index (χ4v) is 6.42. The van der Waals surface area contributed by atoms with Gasteiger partial charge in [0.05, 0.1) is 33.8 Å². The highest BCUT2D eigenvalue weighted by molar-refractivity contribution is 7.92. The molecule has 2 aliphatic heterocycles. The molecule has 0 unspecified atom stereocenters. The zero-order valence-electron chi connectivity index (χ0n) is 24.1. The van der Waals surface area contributed by atoms with E-state index in [0.717, 1.165) is 5.56 Å². The molecule has 0 aliphatic carbocycles. The Bertz CT molecular complexity index is 1680. The Labute approximate surface area is 254 Å². The van der Waals surface area contributed by atoms with E-state index in [4.69, 9.17) is 16.3 Å². The molecule has 3 heterocycles. The summed E-state index contributed by atoms with van der Waals surface area (Å²) < 4.78 is 31.9. The Kier molecular flexibility index (Phi) is 8.50. The minimum Gasteiger partial charge on any atom is -0.489 e. The molecule has 228 valence electrons. The molecule has 4 N–H and O–H groups in total. The quantitative estimate of drug-likeness (QED) is 0.252. The molecule has 0 saturated carbocycles. The fourth-order valence-electron chi connectivity index (χ4n) is 5.08. The van der Waals surface area contributed by atoms with Gasteiger partial charge in [0.1, 0.15) is 16.8 Å². The number of hydrogen-bond acceptors (Lipinski definition) is 10. The number of aromatic nitrogens is 2. The molecule has 14 heteroatoms. The van der Waals surface area contributed by atoms with E-state index in [1.165, 1.54) is 12.3 Å². The van der Waals surface area contributed by atoms with E-state index in [2.05, 4.69) is 25.9 Å². The summed E-state index contributed by atoms with van der Waals surface area (Å²) in [7, 11) is -3.60. The molecule has 2 aliphatic rings. The highest BCUT2D eigenvalue weighted by Gasteiger charge is 2.39. The van der Waals surface area contributed by atoms with Crippen LogP contribution in [0.5, 0.6) is 5.75 Å². The molecule has 3 aromatic rings. The summed E-state index contributed by atoms with van der Waals surface area (Å²) in [6, 6.07) is 9.05. The standard InChI is InChI=1S/C29H33ClN6O6S/c1-15(2)42-24-9-17-14-36(18-10-23(28(38)39)31-12-18)27(37)19(17)11-22(24)34-29-32-13-20(30)26(35-29)33-21-7-5-6-8-25(21)43(40,41)16(3)4/h5-9,11,13,15-16,18,23,31H,10,12,14H2,1-4H3,(H,38,39)(H2,32,33,34,35)/t18-,23+/m1/s1. The van der Waals surface area contributed by atoms with Gasteiger partial charge in [-0.05, 0) is 63.9 Å². The van der Waals surface area contributed by atoms with Crippen molar-refractivity contribution in [3.8, 4) is 5.75 Å². The van der Waals surface area contributed by atoms with E-state index in [9.17, 15) is 23.1 Å². The third-order valence-electron chi connectivity index (χ3n) is 7.30. The Morgan fingerprint density at radius 3 is 2.58 bits per heavy atom. The summed E-state index contributed by atoms with van der Waals surface area (Å²) in [6.07, 6.45) is 1.53. The number of carboxylic acid groups (broad SMARTS) is 1. The number of para-hydroxylation sites is 1. The topological polar surface area (TPSA) is 163 Å². The van der Waals surface area contributed by atoms with Gasteiger partial charge in [-0.15, -0.1) is 0 Å². The number of ether oxygens (including phenoxy) is 1. The zero-order chi connectivity index (χ0) is 31.1. The van der Waals surface area contributed by atoms with Crippen molar-refractivity contribution >= 4 is 56.5 Å². The second-order valence-electron chi connectivity index (χ2n) is 11.0. The van der Waals surface area contributed by atoms with Gasteiger partial charge in [-0.1, -0.05) is 23.7 Å². The average Bonchev–Trinajstić information content (AvgIpc) is 3.56. The van der Waals surface area contributed by atoms with Crippen LogP contribution in [0.2, 0.25) is 5.02 Å². The van der Waals surface area contributed by atoms with Crippen LogP contribution < -0.4 is 20.7 Å². The lowest BCUT2D eigenvalue weighted by Gasteiger charge is -2.22. The van der Waals surface area contributed by atoms with Crippen LogP contribution in [0.3, 0.4) is 0 Å². The van der Waals surface area contributed by atoms with Crippen LogP contribution in [-0.4, -0.2) is 70.3 Å². The zero-order valence-corrected chi connectivity index (χ0v) is 25.7. The molecule has 1 amide bonds. The van der Waals surface area contributed by atoms with Crippen molar-refractivity contribution in [2.24, 2.45) is 0 Å². The second-order valence-corrected chi connectivity index (χ2v) is 13.9. The summed E-state index contributed by atoms with van der Waals surface area (Å²) in [4.78, 5) is 35.4. The van der Waals surface area contributed by atoms with Gasteiger partial charge in [-0.2, -0.15) is 4.98 Å². The summed E-state index contributed by atoms with van der Waals surface area (Å²) in [5.74, 6) is -0.335. The van der Waals surface area contributed by atoms with Gasteiger partial charge in [0.25, 0.3) is 5.91 Å². The molecular formula is C29H33ClN6O6S. The number of carbonyl (C=O) groups excluding carboxylic acids is 1. The maximum absolute atomic E-state index is 13.4.